The number of nitrogens with one attached hydrogen (secondary N) is 1. The molecule has 0 saturated carbocycles. The van der Waals surface area contributed by atoms with Gasteiger partial charge in [-0.1, -0.05) is 11.6 Å². The lowest BCUT2D eigenvalue weighted by Gasteiger charge is -2.19. The summed E-state index contributed by atoms with van der Waals surface area (Å²) in [7, 11) is -4.27. The maximum absolute atomic E-state index is 13.1. The first-order valence-corrected chi connectivity index (χ1v) is 8.82. The molecule has 0 radical (unpaired) electrons. The molecule has 1 aliphatic heterocycles. The van der Waals surface area contributed by atoms with Crippen LogP contribution in [0.1, 0.15) is 5.56 Å². The van der Waals surface area contributed by atoms with E-state index in [9.17, 15) is 21.6 Å². The van der Waals surface area contributed by atoms with Gasteiger partial charge in [0.25, 0.3) is 10.0 Å². The summed E-state index contributed by atoms with van der Waals surface area (Å²) in [4.78, 5) is -0.250. The van der Waals surface area contributed by atoms with Gasteiger partial charge in [-0.3, -0.25) is 4.72 Å². The van der Waals surface area contributed by atoms with E-state index in [2.05, 4.69) is 0 Å². The van der Waals surface area contributed by atoms with Gasteiger partial charge < -0.3 is 9.47 Å². The molecule has 0 aliphatic carbocycles. The first-order chi connectivity index (χ1) is 11.7. The van der Waals surface area contributed by atoms with Crippen LogP contribution < -0.4 is 14.2 Å². The highest BCUT2D eigenvalue weighted by Crippen LogP contribution is 2.38. The number of rotatable bonds is 3. The summed E-state index contributed by atoms with van der Waals surface area (Å²) in [5, 5.41) is -0.158. The number of anilines is 1. The fourth-order valence-electron chi connectivity index (χ4n) is 2.23. The van der Waals surface area contributed by atoms with Crippen molar-refractivity contribution in [1.82, 2.24) is 0 Å². The molecular weight excluding hydrogens is 383 g/mol. The van der Waals surface area contributed by atoms with E-state index >= 15 is 0 Å². The molecule has 2 aromatic carbocycles. The van der Waals surface area contributed by atoms with E-state index in [0.29, 0.717) is 18.4 Å². The van der Waals surface area contributed by atoms with Gasteiger partial charge >= 0.3 is 6.18 Å². The van der Waals surface area contributed by atoms with Crippen LogP contribution >= 0.6 is 11.6 Å². The Morgan fingerprint density at radius 3 is 2.36 bits per heavy atom. The number of hydrogen-bond donors (Lipinski definition) is 1. The van der Waals surface area contributed by atoms with E-state index in [1.807, 2.05) is 4.72 Å². The smallest absolute Gasteiger partial charge is 0.418 e. The first kappa shape index (κ1) is 17.7. The number of alkyl halides is 3. The van der Waals surface area contributed by atoms with Crippen LogP contribution in [-0.2, 0) is 16.2 Å². The summed E-state index contributed by atoms with van der Waals surface area (Å²) >= 11 is 5.58. The van der Waals surface area contributed by atoms with E-state index < -0.39 is 27.5 Å². The molecule has 0 bridgehead atoms. The summed E-state index contributed by atoms with van der Waals surface area (Å²) in [5.74, 6) is 0.578. The van der Waals surface area contributed by atoms with Gasteiger partial charge in [0.2, 0.25) is 0 Å². The number of ether oxygens (including phenoxy) is 2. The Labute approximate surface area is 146 Å². The summed E-state index contributed by atoms with van der Waals surface area (Å²) < 4.78 is 76.7. The van der Waals surface area contributed by atoms with Crippen molar-refractivity contribution in [1.29, 1.82) is 0 Å². The fourth-order valence-corrected chi connectivity index (χ4v) is 3.50. The van der Waals surface area contributed by atoms with Crippen LogP contribution in [0.25, 0.3) is 0 Å². The van der Waals surface area contributed by atoms with Crippen molar-refractivity contribution >= 4 is 27.3 Å². The molecule has 25 heavy (non-hydrogen) atoms. The number of sulfonamides is 1. The summed E-state index contributed by atoms with van der Waals surface area (Å²) in [6.45, 7) is 0.580. The molecule has 0 fully saturated rings. The molecule has 3 rings (SSSR count). The Bertz CT molecular complexity index is 915. The Morgan fingerprint density at radius 2 is 1.68 bits per heavy atom. The van der Waals surface area contributed by atoms with Crippen molar-refractivity contribution in [2.75, 3.05) is 17.9 Å². The molecule has 0 saturated heterocycles. The van der Waals surface area contributed by atoms with Gasteiger partial charge in [0.1, 0.15) is 13.2 Å². The molecule has 10 heteroatoms. The number of fused-ring (bicyclic) bond motifs is 1. The minimum atomic E-state index is -4.77. The average molecular weight is 394 g/mol. The number of halogens is 4. The van der Waals surface area contributed by atoms with Crippen LogP contribution in [0.15, 0.2) is 41.3 Å². The van der Waals surface area contributed by atoms with E-state index in [1.165, 1.54) is 24.3 Å². The zero-order valence-corrected chi connectivity index (χ0v) is 14.0. The highest BCUT2D eigenvalue weighted by atomic mass is 35.5. The van der Waals surface area contributed by atoms with Crippen LogP contribution in [0.2, 0.25) is 5.02 Å². The first-order valence-electron chi connectivity index (χ1n) is 6.96. The van der Waals surface area contributed by atoms with Crippen molar-refractivity contribution in [3.8, 4) is 11.5 Å². The van der Waals surface area contributed by atoms with E-state index in [-0.39, 0.29) is 22.3 Å². The zero-order valence-electron chi connectivity index (χ0n) is 12.4. The van der Waals surface area contributed by atoms with Gasteiger partial charge in [0.15, 0.2) is 11.5 Å². The van der Waals surface area contributed by atoms with Crippen molar-refractivity contribution in [2.24, 2.45) is 0 Å². The SMILES string of the molecule is O=S(=O)(Nc1ccc(Cl)cc1C(F)(F)F)c1ccc2c(c1)OCCO2. The Kier molecular flexibility index (Phi) is 4.46. The average Bonchev–Trinajstić information content (AvgIpc) is 2.55. The second-order valence-electron chi connectivity index (χ2n) is 5.10. The third-order valence-electron chi connectivity index (χ3n) is 3.36. The van der Waals surface area contributed by atoms with Gasteiger partial charge in [0.05, 0.1) is 16.1 Å². The number of hydrogen-bond acceptors (Lipinski definition) is 4. The maximum Gasteiger partial charge on any atom is 0.418 e. The maximum atomic E-state index is 13.1. The van der Waals surface area contributed by atoms with Crippen LogP contribution in [0.5, 0.6) is 11.5 Å². The minimum Gasteiger partial charge on any atom is -0.486 e. The van der Waals surface area contributed by atoms with Crippen molar-refractivity contribution in [2.45, 2.75) is 11.1 Å². The Morgan fingerprint density at radius 1 is 1.00 bits per heavy atom. The lowest BCUT2D eigenvalue weighted by Crippen LogP contribution is -2.19. The zero-order chi connectivity index (χ0) is 18.2. The lowest BCUT2D eigenvalue weighted by molar-refractivity contribution is -0.136. The highest BCUT2D eigenvalue weighted by Gasteiger charge is 2.35. The Hall–Kier alpha value is -2.13. The fraction of sp³-hybridized carbons (Fsp3) is 0.200. The van der Waals surface area contributed by atoms with Crippen LogP contribution in [-0.4, -0.2) is 21.6 Å². The van der Waals surface area contributed by atoms with E-state index in [4.69, 9.17) is 21.1 Å². The number of benzene rings is 2. The monoisotopic (exact) mass is 393 g/mol. The largest absolute Gasteiger partial charge is 0.486 e. The third kappa shape index (κ3) is 3.77. The van der Waals surface area contributed by atoms with Gasteiger partial charge in [-0.15, -0.1) is 0 Å². The Balaban J connectivity index is 1.98. The van der Waals surface area contributed by atoms with E-state index in [0.717, 1.165) is 6.07 Å². The molecule has 1 N–H and O–H groups in total. The van der Waals surface area contributed by atoms with Crippen LogP contribution in [0, 0.1) is 0 Å². The second kappa shape index (κ2) is 6.30. The molecule has 0 unspecified atom stereocenters. The van der Waals surface area contributed by atoms with Gasteiger partial charge in [-0.05, 0) is 30.3 Å². The summed E-state index contributed by atoms with van der Waals surface area (Å²) in [5.41, 5.74) is -1.80. The van der Waals surface area contributed by atoms with Crippen LogP contribution in [0.3, 0.4) is 0 Å². The standard InChI is InChI=1S/C15H11ClF3NO4S/c16-9-1-3-12(11(7-9)15(17,18)19)20-25(21,22)10-2-4-13-14(8-10)24-6-5-23-13/h1-4,7-8,20H,5-6H2. The molecule has 2 aromatic rings. The molecule has 0 spiro atoms. The predicted molar refractivity (Wildman–Crippen MR) is 84.7 cm³/mol. The van der Waals surface area contributed by atoms with Gasteiger partial charge in [-0.2, -0.15) is 13.2 Å². The highest BCUT2D eigenvalue weighted by molar-refractivity contribution is 7.92. The summed E-state index contributed by atoms with van der Waals surface area (Å²) in [6.07, 6.45) is -4.77. The molecule has 1 heterocycles. The lowest BCUT2D eigenvalue weighted by atomic mass is 10.2. The van der Waals surface area contributed by atoms with E-state index in [1.54, 1.807) is 0 Å². The molecular formula is C15H11ClF3NO4S. The molecule has 5 nitrogen and oxygen atoms in total. The normalized spacial score (nSPS) is 14.2. The molecule has 134 valence electrons. The molecule has 1 aliphatic rings. The quantitative estimate of drug-likeness (QED) is 0.858. The molecule has 0 aromatic heterocycles. The second-order valence-corrected chi connectivity index (χ2v) is 7.22. The topological polar surface area (TPSA) is 64.6 Å². The third-order valence-corrected chi connectivity index (χ3v) is 4.95. The minimum absolute atomic E-state index is 0.158. The van der Waals surface area contributed by atoms with Crippen molar-refractivity contribution < 1.29 is 31.1 Å². The van der Waals surface area contributed by atoms with Gasteiger partial charge in [-0.25, -0.2) is 8.42 Å². The van der Waals surface area contributed by atoms with Crippen molar-refractivity contribution in [3.05, 3.63) is 47.0 Å². The molecule has 0 amide bonds. The predicted octanol–water partition coefficient (Wildman–Crippen LogP) is 3.93. The van der Waals surface area contributed by atoms with Crippen molar-refractivity contribution in [3.63, 3.8) is 0 Å². The van der Waals surface area contributed by atoms with Crippen LogP contribution in [0.4, 0.5) is 18.9 Å². The van der Waals surface area contributed by atoms with Gasteiger partial charge in [0, 0.05) is 11.1 Å². The summed E-state index contributed by atoms with van der Waals surface area (Å²) in [6, 6.07) is 6.58. The molecule has 0 atom stereocenters.